The first kappa shape index (κ1) is 9.64. The van der Waals surface area contributed by atoms with Crippen LogP contribution in [-0.4, -0.2) is 5.16 Å². The van der Waals surface area contributed by atoms with Gasteiger partial charge in [0, 0.05) is 11.6 Å². The summed E-state index contributed by atoms with van der Waals surface area (Å²) in [5.41, 5.74) is 5.76. The first-order chi connectivity index (χ1) is 7.08. The summed E-state index contributed by atoms with van der Waals surface area (Å²) < 4.78 is 31.2. The number of aryl methyl sites for hydroxylation is 1. The monoisotopic (exact) mass is 210 g/mol. The standard InChI is InChI=1S/C10H8F2N2O/c1-5-2-8(12)6(3-7(5)11)9-4-10(13)15-14-9/h2-4H,13H2,1H3. The van der Waals surface area contributed by atoms with E-state index in [1.165, 1.54) is 13.0 Å². The van der Waals surface area contributed by atoms with Crippen LogP contribution < -0.4 is 5.73 Å². The maximum atomic E-state index is 13.4. The minimum Gasteiger partial charge on any atom is -0.368 e. The highest BCUT2D eigenvalue weighted by Gasteiger charge is 2.12. The van der Waals surface area contributed by atoms with Crippen LogP contribution in [0.2, 0.25) is 0 Å². The van der Waals surface area contributed by atoms with Gasteiger partial charge < -0.3 is 10.3 Å². The van der Waals surface area contributed by atoms with E-state index in [1.807, 2.05) is 0 Å². The second-order valence-corrected chi connectivity index (χ2v) is 3.20. The Morgan fingerprint density at radius 3 is 2.53 bits per heavy atom. The van der Waals surface area contributed by atoms with E-state index in [1.54, 1.807) is 0 Å². The quantitative estimate of drug-likeness (QED) is 0.786. The van der Waals surface area contributed by atoms with Crippen LogP contribution in [0.5, 0.6) is 0 Å². The highest BCUT2D eigenvalue weighted by atomic mass is 19.1. The van der Waals surface area contributed by atoms with Gasteiger partial charge in [0.1, 0.15) is 17.3 Å². The summed E-state index contributed by atoms with van der Waals surface area (Å²) in [4.78, 5) is 0. The topological polar surface area (TPSA) is 52.0 Å². The van der Waals surface area contributed by atoms with Gasteiger partial charge in [-0.05, 0) is 24.6 Å². The molecule has 3 nitrogen and oxygen atoms in total. The molecule has 0 radical (unpaired) electrons. The summed E-state index contributed by atoms with van der Waals surface area (Å²) in [6.45, 7) is 1.49. The average Bonchev–Trinajstić information content (AvgIpc) is 2.58. The van der Waals surface area contributed by atoms with Crippen molar-refractivity contribution in [3.8, 4) is 11.3 Å². The number of nitrogens with zero attached hydrogens (tertiary/aromatic N) is 1. The first-order valence-corrected chi connectivity index (χ1v) is 4.26. The van der Waals surface area contributed by atoms with Crippen LogP contribution in [0.4, 0.5) is 14.7 Å². The number of anilines is 1. The van der Waals surface area contributed by atoms with Crippen molar-refractivity contribution in [1.82, 2.24) is 5.16 Å². The molecule has 1 aromatic heterocycles. The van der Waals surface area contributed by atoms with Gasteiger partial charge in [0.25, 0.3) is 0 Å². The van der Waals surface area contributed by atoms with Crippen molar-refractivity contribution in [2.24, 2.45) is 0 Å². The Hall–Kier alpha value is -1.91. The molecule has 2 aromatic rings. The van der Waals surface area contributed by atoms with Crippen molar-refractivity contribution in [3.63, 3.8) is 0 Å². The zero-order valence-electron chi connectivity index (χ0n) is 7.92. The number of nitrogens with two attached hydrogens (primary N) is 1. The van der Waals surface area contributed by atoms with Crippen LogP contribution in [-0.2, 0) is 0 Å². The molecular formula is C10H8F2N2O. The molecule has 1 heterocycles. The lowest BCUT2D eigenvalue weighted by atomic mass is 10.1. The second kappa shape index (κ2) is 3.34. The Labute approximate surface area is 84.5 Å². The van der Waals surface area contributed by atoms with Crippen molar-refractivity contribution in [3.05, 3.63) is 35.4 Å². The molecule has 0 aliphatic rings. The van der Waals surface area contributed by atoms with Gasteiger partial charge in [0.2, 0.25) is 5.88 Å². The third kappa shape index (κ3) is 1.68. The second-order valence-electron chi connectivity index (χ2n) is 3.20. The zero-order valence-corrected chi connectivity index (χ0v) is 7.92. The fraction of sp³-hybridized carbons (Fsp3) is 0.100. The SMILES string of the molecule is Cc1cc(F)c(-c2cc(N)on2)cc1F. The number of halogens is 2. The highest BCUT2D eigenvalue weighted by molar-refractivity contribution is 5.62. The van der Waals surface area contributed by atoms with Gasteiger partial charge in [-0.2, -0.15) is 0 Å². The number of rotatable bonds is 1. The molecule has 78 valence electrons. The van der Waals surface area contributed by atoms with Crippen LogP contribution in [0.25, 0.3) is 11.3 Å². The lowest BCUT2D eigenvalue weighted by Crippen LogP contribution is -1.90. The molecule has 0 amide bonds. The van der Waals surface area contributed by atoms with Gasteiger partial charge in [-0.25, -0.2) is 8.78 Å². The molecule has 0 fully saturated rings. The highest BCUT2D eigenvalue weighted by Crippen LogP contribution is 2.25. The minimum absolute atomic E-state index is 0.0403. The lowest BCUT2D eigenvalue weighted by molar-refractivity contribution is 0.438. The number of aromatic nitrogens is 1. The van der Waals surface area contributed by atoms with Crippen LogP contribution >= 0.6 is 0 Å². The number of nitrogen functional groups attached to an aromatic ring is 1. The average molecular weight is 210 g/mol. The van der Waals surface area contributed by atoms with E-state index in [-0.39, 0.29) is 22.7 Å². The fourth-order valence-electron chi connectivity index (χ4n) is 1.26. The predicted octanol–water partition coefficient (Wildman–Crippen LogP) is 2.51. The molecule has 2 rings (SSSR count). The van der Waals surface area contributed by atoms with Crippen molar-refractivity contribution in [2.45, 2.75) is 6.92 Å². The van der Waals surface area contributed by atoms with E-state index in [0.717, 1.165) is 12.1 Å². The summed E-state index contributed by atoms with van der Waals surface area (Å²) >= 11 is 0. The molecule has 0 saturated heterocycles. The van der Waals surface area contributed by atoms with E-state index in [2.05, 4.69) is 9.68 Å². The molecule has 5 heteroatoms. The van der Waals surface area contributed by atoms with Crippen LogP contribution in [0, 0.1) is 18.6 Å². The lowest BCUT2D eigenvalue weighted by Gasteiger charge is -2.01. The van der Waals surface area contributed by atoms with Gasteiger partial charge in [0.15, 0.2) is 0 Å². The largest absolute Gasteiger partial charge is 0.368 e. The molecular weight excluding hydrogens is 202 g/mol. The Morgan fingerprint density at radius 1 is 1.20 bits per heavy atom. The van der Waals surface area contributed by atoms with Gasteiger partial charge in [-0.15, -0.1) is 0 Å². The summed E-state index contributed by atoms with van der Waals surface area (Å²) in [7, 11) is 0. The maximum absolute atomic E-state index is 13.4. The maximum Gasteiger partial charge on any atom is 0.222 e. The number of hydrogen-bond acceptors (Lipinski definition) is 3. The van der Waals surface area contributed by atoms with Gasteiger partial charge >= 0.3 is 0 Å². The van der Waals surface area contributed by atoms with Crippen molar-refractivity contribution < 1.29 is 13.3 Å². The van der Waals surface area contributed by atoms with Gasteiger partial charge in [-0.3, -0.25) is 0 Å². The normalized spacial score (nSPS) is 10.6. The van der Waals surface area contributed by atoms with Crippen molar-refractivity contribution >= 4 is 5.88 Å². The molecule has 0 aliphatic heterocycles. The van der Waals surface area contributed by atoms with Gasteiger partial charge in [-0.1, -0.05) is 5.16 Å². The summed E-state index contributed by atoms with van der Waals surface area (Å²) in [6, 6.07) is 3.52. The molecule has 15 heavy (non-hydrogen) atoms. The van der Waals surface area contributed by atoms with Crippen LogP contribution in [0.1, 0.15) is 5.56 Å². The summed E-state index contributed by atoms with van der Waals surface area (Å²) in [5.74, 6) is -0.986. The minimum atomic E-state index is -0.554. The van der Waals surface area contributed by atoms with E-state index in [0.29, 0.717) is 0 Å². The first-order valence-electron chi connectivity index (χ1n) is 4.26. The van der Waals surface area contributed by atoms with Crippen molar-refractivity contribution in [1.29, 1.82) is 0 Å². The third-order valence-electron chi connectivity index (χ3n) is 2.05. The molecule has 0 atom stereocenters. The molecule has 0 bridgehead atoms. The molecule has 2 N–H and O–H groups in total. The third-order valence-corrected chi connectivity index (χ3v) is 2.05. The fourth-order valence-corrected chi connectivity index (χ4v) is 1.26. The smallest absolute Gasteiger partial charge is 0.222 e. The van der Waals surface area contributed by atoms with E-state index in [4.69, 9.17) is 5.73 Å². The van der Waals surface area contributed by atoms with E-state index >= 15 is 0 Å². The van der Waals surface area contributed by atoms with Crippen LogP contribution in [0.15, 0.2) is 22.7 Å². The van der Waals surface area contributed by atoms with E-state index in [9.17, 15) is 8.78 Å². The Bertz CT molecular complexity index is 508. The molecule has 0 spiro atoms. The number of benzene rings is 1. The zero-order chi connectivity index (χ0) is 11.0. The van der Waals surface area contributed by atoms with Crippen LogP contribution in [0.3, 0.4) is 0 Å². The Morgan fingerprint density at radius 2 is 1.93 bits per heavy atom. The Balaban J connectivity index is 2.58. The molecule has 0 saturated carbocycles. The molecule has 0 aliphatic carbocycles. The Kier molecular flexibility index (Phi) is 2.15. The molecule has 1 aromatic carbocycles. The number of hydrogen-bond donors (Lipinski definition) is 1. The summed E-state index contributed by atoms with van der Waals surface area (Å²) in [6.07, 6.45) is 0. The van der Waals surface area contributed by atoms with Gasteiger partial charge in [0.05, 0.1) is 0 Å². The predicted molar refractivity (Wildman–Crippen MR) is 51.0 cm³/mol. The summed E-state index contributed by atoms with van der Waals surface area (Å²) in [5, 5.41) is 3.51. The van der Waals surface area contributed by atoms with Crippen molar-refractivity contribution in [2.75, 3.05) is 5.73 Å². The molecule has 0 unspecified atom stereocenters. The van der Waals surface area contributed by atoms with E-state index < -0.39 is 11.6 Å².